The van der Waals surface area contributed by atoms with E-state index in [9.17, 15) is 0 Å². The van der Waals surface area contributed by atoms with E-state index in [1.165, 1.54) is 5.56 Å². The van der Waals surface area contributed by atoms with Crippen LogP contribution in [0.1, 0.15) is 5.56 Å². The molecule has 0 saturated heterocycles. The van der Waals surface area contributed by atoms with Crippen molar-refractivity contribution in [3.8, 4) is 0 Å². The molecule has 2 nitrogen and oxygen atoms in total. The van der Waals surface area contributed by atoms with Gasteiger partial charge in [0.05, 0.1) is 22.7 Å². The van der Waals surface area contributed by atoms with Gasteiger partial charge in [-0.05, 0) is 36.8 Å². The molecule has 0 spiro atoms. The Labute approximate surface area is 92.1 Å². The number of aromatic nitrogens is 2. The van der Waals surface area contributed by atoms with Crippen LogP contribution in [0.2, 0.25) is 5.15 Å². The predicted octanol–water partition coefficient (Wildman–Crippen LogP) is 3.45. The summed E-state index contributed by atoms with van der Waals surface area (Å²) in [5.41, 5.74) is 4.26. The van der Waals surface area contributed by atoms with Crippen LogP contribution >= 0.6 is 11.6 Å². The van der Waals surface area contributed by atoms with Gasteiger partial charge in [-0.2, -0.15) is 0 Å². The van der Waals surface area contributed by atoms with Gasteiger partial charge < -0.3 is 0 Å². The topological polar surface area (TPSA) is 17.3 Å². The maximum atomic E-state index is 6.14. The molecule has 2 aromatic heterocycles. The van der Waals surface area contributed by atoms with Crippen LogP contribution in [0.15, 0.2) is 36.5 Å². The molecule has 0 aliphatic carbocycles. The second kappa shape index (κ2) is 2.97. The maximum absolute atomic E-state index is 6.14. The minimum Gasteiger partial charge on any atom is -0.297 e. The van der Waals surface area contributed by atoms with Crippen LogP contribution in [-0.4, -0.2) is 9.38 Å². The molecule has 3 rings (SSSR count). The summed E-state index contributed by atoms with van der Waals surface area (Å²) >= 11 is 6.14. The average Bonchev–Trinajstić information content (AvgIpc) is 2.60. The van der Waals surface area contributed by atoms with Crippen molar-refractivity contribution < 1.29 is 0 Å². The second-order valence-corrected chi connectivity index (χ2v) is 4.05. The minimum absolute atomic E-state index is 0.725. The Morgan fingerprint density at radius 3 is 2.93 bits per heavy atom. The Balaban J connectivity index is 2.61. The van der Waals surface area contributed by atoms with E-state index < -0.39 is 0 Å². The normalized spacial score (nSPS) is 11.3. The highest BCUT2D eigenvalue weighted by molar-refractivity contribution is 6.30. The predicted molar refractivity (Wildman–Crippen MR) is 62.4 cm³/mol. The molecule has 1 aromatic carbocycles. The van der Waals surface area contributed by atoms with Gasteiger partial charge in [0.1, 0.15) is 5.15 Å². The van der Waals surface area contributed by atoms with E-state index >= 15 is 0 Å². The lowest BCUT2D eigenvalue weighted by molar-refractivity contribution is 1.22. The number of halogens is 1. The summed E-state index contributed by atoms with van der Waals surface area (Å²) in [5.74, 6) is 0. The molecule has 2 heterocycles. The number of aryl methyl sites for hydroxylation is 1. The molecule has 0 atom stereocenters. The van der Waals surface area contributed by atoms with Crippen LogP contribution in [0.4, 0.5) is 0 Å². The van der Waals surface area contributed by atoms with E-state index in [-0.39, 0.29) is 0 Å². The van der Waals surface area contributed by atoms with Gasteiger partial charge in [0, 0.05) is 0 Å². The summed E-state index contributed by atoms with van der Waals surface area (Å²) in [6, 6.07) is 10.0. The van der Waals surface area contributed by atoms with Gasteiger partial charge in [-0.25, -0.2) is 0 Å². The number of nitrogens with zero attached hydrogens (tertiary/aromatic N) is 2. The third kappa shape index (κ3) is 1.22. The summed E-state index contributed by atoms with van der Waals surface area (Å²) in [7, 11) is 0. The molecule has 0 amide bonds. The highest BCUT2D eigenvalue weighted by Crippen LogP contribution is 2.21. The molecular weight excluding hydrogens is 208 g/mol. The minimum atomic E-state index is 0.725. The third-order valence-electron chi connectivity index (χ3n) is 2.57. The van der Waals surface area contributed by atoms with Crippen LogP contribution in [0.3, 0.4) is 0 Å². The molecule has 0 fully saturated rings. The molecule has 0 N–H and O–H groups in total. The van der Waals surface area contributed by atoms with Gasteiger partial charge in [0.2, 0.25) is 0 Å². The molecule has 0 bridgehead atoms. The Kier molecular flexibility index (Phi) is 1.73. The zero-order valence-electron chi connectivity index (χ0n) is 8.24. The van der Waals surface area contributed by atoms with Crippen molar-refractivity contribution in [2.24, 2.45) is 0 Å². The first-order chi connectivity index (χ1) is 7.25. The second-order valence-electron chi connectivity index (χ2n) is 3.67. The number of rotatable bonds is 0. The molecular formula is C12H9ClN2. The zero-order valence-corrected chi connectivity index (χ0v) is 8.99. The van der Waals surface area contributed by atoms with Crippen molar-refractivity contribution in [1.82, 2.24) is 9.38 Å². The van der Waals surface area contributed by atoms with Crippen LogP contribution in [0.25, 0.3) is 16.6 Å². The lowest BCUT2D eigenvalue weighted by Crippen LogP contribution is -1.90. The van der Waals surface area contributed by atoms with E-state index in [0.29, 0.717) is 0 Å². The van der Waals surface area contributed by atoms with Gasteiger partial charge in [-0.3, -0.25) is 9.38 Å². The van der Waals surface area contributed by atoms with E-state index in [4.69, 9.17) is 11.6 Å². The summed E-state index contributed by atoms with van der Waals surface area (Å²) < 4.78 is 2.01. The lowest BCUT2D eigenvalue weighted by atomic mass is 10.2. The highest BCUT2D eigenvalue weighted by Gasteiger charge is 2.04. The van der Waals surface area contributed by atoms with Gasteiger partial charge in [0.15, 0.2) is 0 Å². The van der Waals surface area contributed by atoms with Crippen molar-refractivity contribution in [3.05, 3.63) is 47.2 Å². The van der Waals surface area contributed by atoms with Gasteiger partial charge in [0.25, 0.3) is 0 Å². The van der Waals surface area contributed by atoms with Gasteiger partial charge in [-0.1, -0.05) is 17.7 Å². The Morgan fingerprint density at radius 1 is 1.20 bits per heavy atom. The fraction of sp³-hybridized carbons (Fsp3) is 0.0833. The summed E-state index contributed by atoms with van der Waals surface area (Å²) in [4.78, 5) is 4.38. The maximum Gasteiger partial charge on any atom is 0.114 e. The smallest absolute Gasteiger partial charge is 0.114 e. The van der Waals surface area contributed by atoms with Crippen molar-refractivity contribution in [2.45, 2.75) is 6.92 Å². The van der Waals surface area contributed by atoms with Crippen LogP contribution in [-0.2, 0) is 0 Å². The van der Waals surface area contributed by atoms with E-state index in [0.717, 1.165) is 21.7 Å². The highest BCUT2D eigenvalue weighted by atomic mass is 35.5. The Hall–Kier alpha value is -1.54. The summed E-state index contributed by atoms with van der Waals surface area (Å²) in [6.07, 6.45) is 1.84. The SMILES string of the molecule is Cc1ccc2ncc3ccc(Cl)n3c2c1. The van der Waals surface area contributed by atoms with Gasteiger partial charge >= 0.3 is 0 Å². The van der Waals surface area contributed by atoms with Crippen molar-refractivity contribution in [1.29, 1.82) is 0 Å². The van der Waals surface area contributed by atoms with E-state index in [2.05, 4.69) is 24.0 Å². The largest absolute Gasteiger partial charge is 0.297 e. The molecule has 0 aliphatic rings. The van der Waals surface area contributed by atoms with Gasteiger partial charge in [-0.15, -0.1) is 0 Å². The average molecular weight is 217 g/mol. The molecule has 0 saturated carbocycles. The number of benzene rings is 1. The van der Waals surface area contributed by atoms with Crippen molar-refractivity contribution in [3.63, 3.8) is 0 Å². The first-order valence-corrected chi connectivity index (χ1v) is 5.16. The Morgan fingerprint density at radius 2 is 2.07 bits per heavy atom. The number of fused-ring (bicyclic) bond motifs is 3. The fourth-order valence-corrected chi connectivity index (χ4v) is 2.09. The molecule has 0 unspecified atom stereocenters. The number of hydrogen-bond donors (Lipinski definition) is 0. The van der Waals surface area contributed by atoms with Crippen LogP contribution in [0.5, 0.6) is 0 Å². The lowest BCUT2D eigenvalue weighted by Gasteiger charge is -2.04. The molecule has 0 aliphatic heterocycles. The molecule has 0 radical (unpaired) electrons. The van der Waals surface area contributed by atoms with E-state index in [1.54, 1.807) is 0 Å². The quantitative estimate of drug-likeness (QED) is 0.563. The Bertz CT molecular complexity index is 655. The monoisotopic (exact) mass is 216 g/mol. The first kappa shape index (κ1) is 8.74. The molecule has 15 heavy (non-hydrogen) atoms. The summed E-state index contributed by atoms with van der Waals surface area (Å²) in [5, 5.41) is 0.725. The fourth-order valence-electron chi connectivity index (χ4n) is 1.84. The van der Waals surface area contributed by atoms with E-state index in [1.807, 2.05) is 28.8 Å². The molecule has 74 valence electrons. The summed E-state index contributed by atoms with van der Waals surface area (Å²) in [6.45, 7) is 2.07. The molecule has 3 aromatic rings. The zero-order chi connectivity index (χ0) is 10.4. The third-order valence-corrected chi connectivity index (χ3v) is 2.87. The standard InChI is InChI=1S/C12H9ClN2/c1-8-2-4-10-11(6-8)15-9(7-14-10)3-5-12(15)13/h2-7H,1H3. The van der Waals surface area contributed by atoms with Crippen LogP contribution in [0, 0.1) is 6.92 Å². The van der Waals surface area contributed by atoms with Crippen molar-refractivity contribution >= 4 is 28.2 Å². The molecule has 3 heteroatoms. The number of hydrogen-bond acceptors (Lipinski definition) is 1. The van der Waals surface area contributed by atoms with Crippen molar-refractivity contribution in [2.75, 3.05) is 0 Å². The first-order valence-electron chi connectivity index (χ1n) is 4.78. The van der Waals surface area contributed by atoms with Crippen LogP contribution < -0.4 is 0 Å².